The number of benzene rings is 1. The fourth-order valence-electron chi connectivity index (χ4n) is 1.96. The van der Waals surface area contributed by atoms with Crippen molar-refractivity contribution in [2.24, 2.45) is 0 Å². The summed E-state index contributed by atoms with van der Waals surface area (Å²) < 4.78 is 5.79. The van der Waals surface area contributed by atoms with Gasteiger partial charge in [0.2, 0.25) is 5.91 Å². The number of H-pyrrole nitrogens is 1. The molecule has 2 rings (SSSR count). The molecule has 0 spiro atoms. The summed E-state index contributed by atoms with van der Waals surface area (Å²) in [6.45, 7) is 5.90. The van der Waals surface area contributed by atoms with Crippen molar-refractivity contribution < 1.29 is 9.53 Å². The zero-order valence-electron chi connectivity index (χ0n) is 12.9. The Morgan fingerprint density at radius 2 is 2.14 bits per heavy atom. The Labute approximate surface area is 134 Å². The molecule has 1 aromatic heterocycles. The van der Waals surface area contributed by atoms with E-state index >= 15 is 0 Å². The van der Waals surface area contributed by atoms with E-state index in [1.807, 2.05) is 45.0 Å². The average molecular weight is 320 g/mol. The van der Waals surface area contributed by atoms with Crippen LogP contribution in [0.3, 0.4) is 0 Å². The highest BCUT2D eigenvalue weighted by molar-refractivity contribution is 7.99. The van der Waals surface area contributed by atoms with E-state index in [1.165, 1.54) is 18.1 Å². The van der Waals surface area contributed by atoms with Gasteiger partial charge in [0.25, 0.3) is 0 Å². The molecule has 0 saturated heterocycles. The van der Waals surface area contributed by atoms with E-state index in [-0.39, 0.29) is 23.8 Å². The number of hydrogen-bond donors (Lipinski definition) is 2. The number of thioether (sulfide) groups is 1. The molecule has 0 radical (unpaired) electrons. The van der Waals surface area contributed by atoms with Gasteiger partial charge in [-0.05, 0) is 26.8 Å². The molecule has 0 aliphatic heterocycles. The number of nitrogens with zero attached hydrogens (tertiary/aromatic N) is 2. The molecule has 1 unspecified atom stereocenters. The van der Waals surface area contributed by atoms with E-state index in [4.69, 9.17) is 4.74 Å². The van der Waals surface area contributed by atoms with E-state index in [9.17, 15) is 4.79 Å². The molecule has 1 heterocycles. The van der Waals surface area contributed by atoms with Gasteiger partial charge in [0.05, 0.1) is 17.9 Å². The molecular formula is C15H20N4O2S. The lowest BCUT2D eigenvalue weighted by molar-refractivity contribution is -0.119. The molecular weight excluding hydrogens is 300 g/mol. The molecule has 0 saturated carbocycles. The van der Waals surface area contributed by atoms with Crippen molar-refractivity contribution in [3.05, 3.63) is 36.2 Å². The zero-order chi connectivity index (χ0) is 15.9. The van der Waals surface area contributed by atoms with Crippen molar-refractivity contribution in [3.63, 3.8) is 0 Å². The summed E-state index contributed by atoms with van der Waals surface area (Å²) in [5, 5.41) is 10.1. The Kier molecular flexibility index (Phi) is 5.83. The van der Waals surface area contributed by atoms with Crippen LogP contribution in [-0.2, 0) is 4.79 Å². The maximum Gasteiger partial charge on any atom is 0.230 e. The summed E-state index contributed by atoms with van der Waals surface area (Å²) in [5.41, 5.74) is 0.967. The second kappa shape index (κ2) is 7.84. The molecule has 1 atom stereocenters. The summed E-state index contributed by atoms with van der Waals surface area (Å²) in [7, 11) is 0. The highest BCUT2D eigenvalue weighted by Crippen LogP contribution is 2.25. The van der Waals surface area contributed by atoms with Crippen LogP contribution in [-0.4, -0.2) is 32.9 Å². The van der Waals surface area contributed by atoms with Crippen molar-refractivity contribution in [2.45, 2.75) is 38.1 Å². The first-order valence-corrected chi connectivity index (χ1v) is 8.08. The molecule has 0 aliphatic rings. The standard InChI is InChI=1S/C15H20N4O2S/c1-10(2)21-13-7-5-4-6-12(13)11(3)18-14(20)8-22-15-16-9-17-19-15/h4-7,9-11H,8H2,1-3H3,(H,18,20)(H,16,17,19). The van der Waals surface area contributed by atoms with E-state index in [2.05, 4.69) is 20.5 Å². The van der Waals surface area contributed by atoms with Crippen LogP contribution in [0.25, 0.3) is 0 Å². The number of aromatic nitrogens is 3. The third kappa shape index (κ3) is 4.77. The summed E-state index contributed by atoms with van der Waals surface area (Å²) >= 11 is 1.31. The summed E-state index contributed by atoms with van der Waals surface area (Å²) in [4.78, 5) is 16.0. The first kappa shape index (κ1) is 16.4. The normalized spacial score (nSPS) is 12.2. The van der Waals surface area contributed by atoms with Crippen molar-refractivity contribution in [3.8, 4) is 5.75 Å². The van der Waals surface area contributed by atoms with Crippen LogP contribution in [0.5, 0.6) is 5.75 Å². The van der Waals surface area contributed by atoms with E-state index in [1.54, 1.807) is 0 Å². The highest BCUT2D eigenvalue weighted by Gasteiger charge is 2.15. The first-order chi connectivity index (χ1) is 10.6. The lowest BCUT2D eigenvalue weighted by atomic mass is 10.1. The van der Waals surface area contributed by atoms with Crippen LogP contribution in [0.4, 0.5) is 0 Å². The second-order valence-electron chi connectivity index (χ2n) is 5.07. The molecule has 0 bridgehead atoms. The van der Waals surface area contributed by atoms with Gasteiger partial charge in [-0.1, -0.05) is 30.0 Å². The molecule has 118 valence electrons. The van der Waals surface area contributed by atoms with Gasteiger partial charge in [-0.15, -0.1) is 0 Å². The average Bonchev–Trinajstić information content (AvgIpc) is 2.98. The summed E-state index contributed by atoms with van der Waals surface area (Å²) in [5.74, 6) is 1.02. The maximum absolute atomic E-state index is 12.0. The lowest BCUT2D eigenvalue weighted by Crippen LogP contribution is -2.28. The van der Waals surface area contributed by atoms with Gasteiger partial charge >= 0.3 is 0 Å². The minimum Gasteiger partial charge on any atom is -0.491 e. The van der Waals surface area contributed by atoms with Crippen molar-refractivity contribution in [1.82, 2.24) is 20.5 Å². The molecule has 0 aliphatic carbocycles. The number of ether oxygens (including phenoxy) is 1. The molecule has 1 amide bonds. The Morgan fingerprint density at radius 1 is 1.36 bits per heavy atom. The van der Waals surface area contributed by atoms with Crippen LogP contribution in [0.1, 0.15) is 32.4 Å². The third-order valence-corrected chi connectivity index (χ3v) is 3.74. The SMILES string of the molecule is CC(C)Oc1ccccc1C(C)NC(=O)CSc1ncn[nH]1. The Morgan fingerprint density at radius 3 is 2.82 bits per heavy atom. The highest BCUT2D eigenvalue weighted by atomic mass is 32.2. The number of para-hydroxylation sites is 1. The quantitative estimate of drug-likeness (QED) is 0.766. The number of rotatable bonds is 7. The molecule has 6 nitrogen and oxygen atoms in total. The smallest absolute Gasteiger partial charge is 0.230 e. The van der Waals surface area contributed by atoms with E-state index in [0.717, 1.165) is 11.3 Å². The van der Waals surface area contributed by atoms with Gasteiger partial charge in [0.1, 0.15) is 12.1 Å². The number of carbonyl (C=O) groups is 1. The van der Waals surface area contributed by atoms with Crippen LogP contribution in [0.15, 0.2) is 35.7 Å². The molecule has 1 aromatic carbocycles. The topological polar surface area (TPSA) is 79.9 Å². The minimum absolute atomic E-state index is 0.0618. The molecule has 2 aromatic rings. The van der Waals surface area contributed by atoms with Crippen molar-refractivity contribution in [2.75, 3.05) is 5.75 Å². The van der Waals surface area contributed by atoms with E-state index < -0.39 is 0 Å². The Bertz CT molecular complexity index is 601. The molecule has 0 fully saturated rings. The summed E-state index contributed by atoms with van der Waals surface area (Å²) in [6, 6.07) is 7.62. The molecule has 22 heavy (non-hydrogen) atoms. The Hall–Kier alpha value is -2.02. The number of aromatic amines is 1. The third-order valence-electron chi connectivity index (χ3n) is 2.86. The maximum atomic E-state index is 12.0. The minimum atomic E-state index is -0.127. The summed E-state index contributed by atoms with van der Waals surface area (Å²) in [6.07, 6.45) is 1.51. The second-order valence-corrected chi connectivity index (χ2v) is 6.04. The van der Waals surface area contributed by atoms with Crippen LogP contribution in [0, 0.1) is 0 Å². The van der Waals surface area contributed by atoms with Crippen molar-refractivity contribution >= 4 is 17.7 Å². The number of nitrogens with one attached hydrogen (secondary N) is 2. The van der Waals surface area contributed by atoms with Crippen molar-refractivity contribution in [1.29, 1.82) is 0 Å². The lowest BCUT2D eigenvalue weighted by Gasteiger charge is -2.19. The molecule has 2 N–H and O–H groups in total. The van der Waals surface area contributed by atoms with Crippen LogP contribution in [0.2, 0.25) is 0 Å². The number of amides is 1. The van der Waals surface area contributed by atoms with Gasteiger partial charge in [0.15, 0.2) is 5.16 Å². The van der Waals surface area contributed by atoms with Gasteiger partial charge in [0, 0.05) is 5.56 Å². The van der Waals surface area contributed by atoms with Gasteiger partial charge in [-0.3, -0.25) is 9.89 Å². The van der Waals surface area contributed by atoms with Crippen LogP contribution >= 0.6 is 11.8 Å². The van der Waals surface area contributed by atoms with Gasteiger partial charge in [-0.2, -0.15) is 5.10 Å². The predicted molar refractivity (Wildman–Crippen MR) is 85.9 cm³/mol. The largest absolute Gasteiger partial charge is 0.491 e. The fraction of sp³-hybridized carbons (Fsp3) is 0.400. The molecule has 7 heteroatoms. The van der Waals surface area contributed by atoms with Gasteiger partial charge < -0.3 is 10.1 Å². The number of carbonyl (C=O) groups excluding carboxylic acids is 1. The van der Waals surface area contributed by atoms with E-state index in [0.29, 0.717) is 5.16 Å². The fourth-order valence-corrected chi connectivity index (χ4v) is 2.55. The van der Waals surface area contributed by atoms with Crippen LogP contribution < -0.4 is 10.1 Å². The first-order valence-electron chi connectivity index (χ1n) is 7.09. The monoisotopic (exact) mass is 320 g/mol. The number of hydrogen-bond acceptors (Lipinski definition) is 5. The Balaban J connectivity index is 1.93. The predicted octanol–water partition coefficient (Wildman–Crippen LogP) is 2.56. The zero-order valence-corrected chi connectivity index (χ0v) is 13.7. The van der Waals surface area contributed by atoms with Gasteiger partial charge in [-0.25, -0.2) is 4.98 Å².